The lowest BCUT2D eigenvalue weighted by Gasteiger charge is -2.29. The van der Waals surface area contributed by atoms with Crippen molar-refractivity contribution in [2.45, 2.75) is 75.6 Å². The third-order valence-corrected chi connectivity index (χ3v) is 9.00. The minimum atomic E-state index is -4.78. The number of benzene rings is 3. The van der Waals surface area contributed by atoms with E-state index < -0.39 is 97.3 Å². The second kappa shape index (κ2) is 14.6. The van der Waals surface area contributed by atoms with Crippen LogP contribution in [0, 0.1) is 17.6 Å². The maximum absolute atomic E-state index is 16.0. The van der Waals surface area contributed by atoms with Crippen LogP contribution in [0.3, 0.4) is 0 Å². The summed E-state index contributed by atoms with van der Waals surface area (Å²) in [6.07, 6.45) is -8.42. The van der Waals surface area contributed by atoms with Crippen molar-refractivity contribution in [3.63, 3.8) is 0 Å². The number of rotatable bonds is 7. The lowest BCUT2D eigenvalue weighted by molar-refractivity contribution is -0.137. The molecule has 1 saturated carbocycles. The summed E-state index contributed by atoms with van der Waals surface area (Å²) in [5.41, 5.74) is -5.28. The van der Waals surface area contributed by atoms with Crippen molar-refractivity contribution >= 4 is 81.7 Å². The first-order chi connectivity index (χ1) is 23.7. The van der Waals surface area contributed by atoms with Gasteiger partial charge in [-0.05, 0) is 89.1 Å². The molecule has 0 aromatic heterocycles. The number of amides is 3. The molecular formula is C35H31Cl4F5N2O6. The molecule has 1 aliphatic carbocycles. The van der Waals surface area contributed by atoms with E-state index in [1.165, 1.54) is 59.7 Å². The fourth-order valence-electron chi connectivity index (χ4n) is 5.12. The van der Waals surface area contributed by atoms with Gasteiger partial charge in [-0.1, -0.05) is 35.3 Å². The molecule has 52 heavy (non-hydrogen) atoms. The summed E-state index contributed by atoms with van der Waals surface area (Å²) in [4.78, 5) is 52.9. The topological polar surface area (TPSA) is 102 Å². The molecule has 4 rings (SSSR count). The molecule has 0 radical (unpaired) electrons. The minimum absolute atomic E-state index is 0.000846. The molecule has 0 heterocycles. The fraction of sp³-hybridized carbons (Fsp3) is 0.371. The molecule has 17 heteroatoms. The van der Waals surface area contributed by atoms with E-state index in [9.17, 15) is 32.3 Å². The van der Waals surface area contributed by atoms with Gasteiger partial charge in [0.25, 0.3) is 0 Å². The van der Waals surface area contributed by atoms with Gasteiger partial charge >= 0.3 is 18.4 Å². The number of imide groups is 1. The molecule has 0 spiro atoms. The number of anilines is 2. The first kappa shape index (κ1) is 41.1. The number of hydrogen-bond donors (Lipinski definition) is 1. The zero-order chi connectivity index (χ0) is 39.3. The Bertz CT molecular complexity index is 1910. The number of hydrogen-bond acceptors (Lipinski definition) is 6. The third-order valence-electron chi connectivity index (χ3n) is 7.40. The third kappa shape index (κ3) is 9.28. The second-order valence-corrected chi connectivity index (χ2v) is 16.1. The molecule has 1 N–H and O–H groups in total. The molecule has 3 aromatic rings. The molecule has 1 aliphatic rings. The molecule has 0 unspecified atom stereocenters. The Morgan fingerprint density at radius 1 is 0.827 bits per heavy atom. The lowest BCUT2D eigenvalue weighted by Crippen LogP contribution is -2.44. The number of halogens is 9. The van der Waals surface area contributed by atoms with Crippen LogP contribution in [0.1, 0.15) is 74.5 Å². The maximum atomic E-state index is 16.0. The summed E-state index contributed by atoms with van der Waals surface area (Å²) in [6, 6.07) is 8.46. The lowest BCUT2D eigenvalue weighted by atomic mass is 10.0. The number of ether oxygens (including phenoxy) is 2. The summed E-state index contributed by atoms with van der Waals surface area (Å²) in [5.74, 6) is -6.65. The van der Waals surface area contributed by atoms with Crippen LogP contribution >= 0.6 is 46.4 Å². The van der Waals surface area contributed by atoms with Gasteiger partial charge in [-0.25, -0.2) is 18.4 Å². The van der Waals surface area contributed by atoms with Crippen LogP contribution in [-0.2, 0) is 26.9 Å². The predicted molar refractivity (Wildman–Crippen MR) is 187 cm³/mol. The van der Waals surface area contributed by atoms with E-state index in [0.717, 1.165) is 30.3 Å². The van der Waals surface area contributed by atoms with Crippen LogP contribution in [0.4, 0.5) is 42.9 Å². The van der Waals surface area contributed by atoms with Crippen molar-refractivity contribution in [3.05, 3.63) is 92.5 Å². The Morgan fingerprint density at radius 3 is 1.92 bits per heavy atom. The van der Waals surface area contributed by atoms with Crippen LogP contribution in [0.15, 0.2) is 48.5 Å². The van der Waals surface area contributed by atoms with Crippen LogP contribution in [0.2, 0.25) is 10.0 Å². The standard InChI is InChI=1S/C35H31Cl4F5N2O6/c1-32(2,3)51-30(49)46(31(50)52-33(4,5)6)28-23(40)12-8-17(27(28)41)14-24(47)19-15-18(9-11-21(19)36)45-29(48)26-25(34(26,38)39)16-7-10-22(37)20(13-16)35(42,43)44/h7-13,15,25-26H,14H2,1-6H3,(H,45,48)/t25-,26+/m0/s1. The summed E-state index contributed by atoms with van der Waals surface area (Å²) in [5, 5.41) is 1.84. The molecule has 3 aromatic carbocycles. The first-order valence-corrected chi connectivity index (χ1v) is 16.8. The molecule has 0 saturated heterocycles. The van der Waals surface area contributed by atoms with E-state index in [2.05, 4.69) is 5.32 Å². The number of ketones is 1. The number of alkyl halides is 5. The second-order valence-electron chi connectivity index (χ2n) is 13.8. The molecule has 2 atom stereocenters. The van der Waals surface area contributed by atoms with Crippen molar-refractivity contribution < 1.29 is 50.6 Å². The van der Waals surface area contributed by atoms with Gasteiger partial charge in [-0.2, -0.15) is 18.1 Å². The van der Waals surface area contributed by atoms with E-state index >= 15 is 8.78 Å². The van der Waals surface area contributed by atoms with Gasteiger partial charge in [0.05, 0.1) is 21.5 Å². The number of carbonyl (C=O) groups excluding carboxylic acids is 4. The molecular weight excluding hydrogens is 781 g/mol. The Kier molecular flexibility index (Phi) is 11.6. The van der Waals surface area contributed by atoms with Crippen LogP contribution < -0.4 is 10.2 Å². The predicted octanol–water partition coefficient (Wildman–Crippen LogP) is 10.9. The highest BCUT2D eigenvalue weighted by atomic mass is 35.5. The summed E-state index contributed by atoms with van der Waals surface area (Å²) in [6.45, 7) is 8.82. The summed E-state index contributed by atoms with van der Waals surface area (Å²) >= 11 is 24.6. The van der Waals surface area contributed by atoms with Crippen molar-refractivity contribution in [2.24, 2.45) is 5.92 Å². The number of nitrogens with one attached hydrogen (secondary N) is 1. The first-order valence-electron chi connectivity index (χ1n) is 15.3. The minimum Gasteiger partial charge on any atom is -0.443 e. The smallest absolute Gasteiger partial charge is 0.424 e. The van der Waals surface area contributed by atoms with Crippen molar-refractivity contribution in [1.82, 2.24) is 0 Å². The highest BCUT2D eigenvalue weighted by Crippen LogP contribution is 2.65. The van der Waals surface area contributed by atoms with Gasteiger partial charge in [0, 0.05) is 23.6 Å². The van der Waals surface area contributed by atoms with E-state index in [4.69, 9.17) is 55.9 Å². The maximum Gasteiger partial charge on any atom is 0.424 e. The van der Waals surface area contributed by atoms with Gasteiger partial charge < -0.3 is 14.8 Å². The Labute approximate surface area is 315 Å². The van der Waals surface area contributed by atoms with Gasteiger partial charge in [-0.15, -0.1) is 23.2 Å². The van der Waals surface area contributed by atoms with Crippen molar-refractivity contribution in [2.75, 3.05) is 10.2 Å². The fourth-order valence-corrected chi connectivity index (χ4v) is 6.40. The van der Waals surface area contributed by atoms with Crippen molar-refractivity contribution in [3.8, 4) is 0 Å². The largest absolute Gasteiger partial charge is 0.443 e. The van der Waals surface area contributed by atoms with E-state index in [1.807, 2.05) is 0 Å². The number of carbonyl (C=O) groups is 4. The average Bonchev–Trinajstić information content (AvgIpc) is 3.56. The normalized spacial score (nSPS) is 16.9. The van der Waals surface area contributed by atoms with Crippen LogP contribution in [0.25, 0.3) is 0 Å². The van der Waals surface area contributed by atoms with Crippen LogP contribution in [0.5, 0.6) is 0 Å². The van der Waals surface area contributed by atoms with Crippen LogP contribution in [-0.4, -0.2) is 39.4 Å². The van der Waals surface area contributed by atoms with E-state index in [-0.39, 0.29) is 26.7 Å². The average molecular weight is 812 g/mol. The zero-order valence-electron chi connectivity index (χ0n) is 28.3. The monoisotopic (exact) mass is 810 g/mol. The number of Topliss-reactive ketones (excluding diaryl/α,β-unsaturated/α-hetero) is 1. The highest BCUT2D eigenvalue weighted by molar-refractivity contribution is 6.53. The van der Waals surface area contributed by atoms with E-state index in [1.54, 1.807) is 0 Å². The summed E-state index contributed by atoms with van der Waals surface area (Å²) < 4.78 is 80.2. The van der Waals surface area contributed by atoms with Gasteiger partial charge in [0.15, 0.2) is 17.4 Å². The Hall–Kier alpha value is -3.65. The Morgan fingerprint density at radius 2 is 1.38 bits per heavy atom. The van der Waals surface area contributed by atoms with Gasteiger partial charge in [0.2, 0.25) is 5.91 Å². The number of nitrogens with zero attached hydrogens (tertiary/aromatic N) is 1. The molecule has 0 aliphatic heterocycles. The van der Waals surface area contributed by atoms with Gasteiger partial charge in [0.1, 0.15) is 21.2 Å². The Balaban J connectivity index is 1.60. The highest BCUT2D eigenvalue weighted by Gasteiger charge is 2.67. The molecule has 1 fully saturated rings. The molecule has 8 nitrogen and oxygen atoms in total. The summed E-state index contributed by atoms with van der Waals surface area (Å²) in [7, 11) is 0. The molecule has 0 bridgehead atoms. The SMILES string of the molecule is CC(C)(C)OC(=O)N(C(=O)OC(C)(C)C)c1c(F)ccc(CC(=O)c2cc(NC(=O)[C@H]3[C@H](c4ccc(Cl)c(C(F)(F)F)c4)C3(Cl)Cl)ccc2Cl)c1F. The zero-order valence-corrected chi connectivity index (χ0v) is 31.3. The molecule has 3 amide bonds. The van der Waals surface area contributed by atoms with Gasteiger partial charge in [-0.3, -0.25) is 9.59 Å². The van der Waals surface area contributed by atoms with Crippen molar-refractivity contribution in [1.29, 1.82) is 0 Å². The van der Waals surface area contributed by atoms with E-state index in [0.29, 0.717) is 0 Å². The quantitative estimate of drug-likeness (QED) is 0.145. The molecule has 280 valence electrons.